The molecule has 2 atom stereocenters. The molecule has 1 heterocycles. The number of methoxy groups -OCH3 is 1. The van der Waals surface area contributed by atoms with E-state index in [9.17, 15) is 9.59 Å². The molecule has 0 bridgehead atoms. The number of rotatable bonds is 5. The minimum atomic E-state index is -0.735. The molecule has 2 unspecified atom stereocenters. The van der Waals surface area contributed by atoms with Gasteiger partial charge in [0.1, 0.15) is 5.75 Å². The summed E-state index contributed by atoms with van der Waals surface area (Å²) in [6.45, 7) is 0. The number of epoxide rings is 1. The number of ether oxygens (including phenoxy) is 2. The van der Waals surface area contributed by atoms with Gasteiger partial charge in [-0.3, -0.25) is 9.59 Å². The fourth-order valence-corrected chi connectivity index (χ4v) is 2.31. The maximum atomic E-state index is 11.6. The van der Waals surface area contributed by atoms with E-state index in [-0.39, 0.29) is 5.12 Å². The van der Waals surface area contributed by atoms with Crippen LogP contribution in [0, 0.1) is 0 Å². The van der Waals surface area contributed by atoms with Crippen LogP contribution in [-0.2, 0) is 20.1 Å². The smallest absolute Gasteiger partial charge is 0.249 e. The van der Waals surface area contributed by atoms with Crippen molar-refractivity contribution in [3.8, 4) is 5.75 Å². The summed E-state index contributed by atoms with van der Waals surface area (Å²) in [5.74, 6) is 0.724. The summed E-state index contributed by atoms with van der Waals surface area (Å²) in [4.78, 5) is 22.4. The number of amides is 1. The molecule has 1 aliphatic rings. The number of hydrogen-bond donors (Lipinski definition) is 1. The van der Waals surface area contributed by atoms with Crippen LogP contribution in [0.5, 0.6) is 5.75 Å². The highest BCUT2D eigenvalue weighted by Gasteiger charge is 2.49. The van der Waals surface area contributed by atoms with Crippen molar-refractivity contribution < 1.29 is 19.1 Å². The highest BCUT2D eigenvalue weighted by atomic mass is 32.2. The third-order valence-corrected chi connectivity index (χ3v) is 3.54. The molecular formula is C12H13NO4S. The van der Waals surface area contributed by atoms with Gasteiger partial charge in [-0.05, 0) is 17.7 Å². The van der Waals surface area contributed by atoms with Gasteiger partial charge in [0.25, 0.3) is 0 Å². The Kier molecular flexibility index (Phi) is 3.88. The van der Waals surface area contributed by atoms with Gasteiger partial charge in [0.15, 0.2) is 12.2 Å². The molecule has 1 saturated heterocycles. The van der Waals surface area contributed by atoms with E-state index in [0.29, 0.717) is 5.75 Å². The van der Waals surface area contributed by atoms with E-state index in [2.05, 4.69) is 0 Å². The summed E-state index contributed by atoms with van der Waals surface area (Å²) in [5.41, 5.74) is 6.03. The number of benzene rings is 1. The number of primary amides is 1. The monoisotopic (exact) mass is 267 g/mol. The Bertz CT molecular complexity index is 460. The van der Waals surface area contributed by atoms with Crippen LogP contribution < -0.4 is 10.5 Å². The molecule has 2 N–H and O–H groups in total. The molecule has 0 aliphatic carbocycles. The number of hydrogen-bond acceptors (Lipinski definition) is 5. The van der Waals surface area contributed by atoms with E-state index in [4.69, 9.17) is 15.2 Å². The fraction of sp³-hybridized carbons (Fsp3) is 0.333. The van der Waals surface area contributed by atoms with Gasteiger partial charge in [-0.1, -0.05) is 23.9 Å². The molecule has 5 nitrogen and oxygen atoms in total. The molecule has 0 saturated carbocycles. The van der Waals surface area contributed by atoms with Crippen LogP contribution in [0.3, 0.4) is 0 Å². The first kappa shape index (κ1) is 12.9. The van der Waals surface area contributed by atoms with Crippen molar-refractivity contribution in [3.63, 3.8) is 0 Å². The molecule has 96 valence electrons. The van der Waals surface area contributed by atoms with Gasteiger partial charge in [0.05, 0.1) is 7.11 Å². The van der Waals surface area contributed by atoms with E-state index in [1.54, 1.807) is 7.11 Å². The average molecular weight is 267 g/mol. The zero-order valence-corrected chi connectivity index (χ0v) is 10.6. The second-order valence-corrected chi connectivity index (χ2v) is 4.82. The molecule has 1 fully saturated rings. The molecule has 2 rings (SSSR count). The predicted molar refractivity (Wildman–Crippen MR) is 67.2 cm³/mol. The normalized spacial score (nSPS) is 21.4. The molecule has 18 heavy (non-hydrogen) atoms. The first-order chi connectivity index (χ1) is 8.61. The van der Waals surface area contributed by atoms with Crippen molar-refractivity contribution in [2.75, 3.05) is 7.11 Å². The van der Waals surface area contributed by atoms with Crippen molar-refractivity contribution >= 4 is 22.8 Å². The summed E-state index contributed by atoms with van der Waals surface area (Å²) in [6.07, 6.45) is -1.40. The zero-order valence-electron chi connectivity index (χ0n) is 9.79. The first-order valence-electron chi connectivity index (χ1n) is 5.36. The van der Waals surface area contributed by atoms with Gasteiger partial charge in [-0.2, -0.15) is 0 Å². The number of carbonyl (C=O) groups is 2. The van der Waals surface area contributed by atoms with Crippen LogP contribution in [0.4, 0.5) is 0 Å². The van der Waals surface area contributed by atoms with Crippen molar-refractivity contribution in [1.29, 1.82) is 0 Å². The molecule has 0 spiro atoms. The summed E-state index contributed by atoms with van der Waals surface area (Å²) in [6, 6.07) is 7.44. The van der Waals surface area contributed by atoms with Crippen LogP contribution in [0.25, 0.3) is 0 Å². The standard InChI is InChI=1S/C12H13NO4S/c1-16-8-4-2-7(3-5-8)6-18-12(15)10-9(17-10)11(13)14/h2-5,9-10H,6H2,1H3,(H2,13,14). The van der Waals surface area contributed by atoms with Crippen molar-refractivity contribution in [3.05, 3.63) is 29.8 Å². The maximum Gasteiger partial charge on any atom is 0.249 e. The zero-order chi connectivity index (χ0) is 13.1. The fourth-order valence-electron chi connectivity index (χ4n) is 1.47. The number of carbonyl (C=O) groups excluding carboxylic acids is 2. The summed E-state index contributed by atoms with van der Waals surface area (Å²) >= 11 is 1.12. The highest BCUT2D eigenvalue weighted by Crippen LogP contribution is 2.28. The van der Waals surface area contributed by atoms with Gasteiger partial charge < -0.3 is 15.2 Å². The second-order valence-electron chi connectivity index (χ2n) is 3.84. The van der Waals surface area contributed by atoms with E-state index < -0.39 is 18.1 Å². The van der Waals surface area contributed by atoms with E-state index in [1.165, 1.54) is 0 Å². The molecule has 0 aromatic heterocycles. The van der Waals surface area contributed by atoms with Gasteiger partial charge in [-0.25, -0.2) is 0 Å². The lowest BCUT2D eigenvalue weighted by atomic mass is 10.2. The van der Waals surface area contributed by atoms with Crippen molar-refractivity contribution in [1.82, 2.24) is 0 Å². The van der Waals surface area contributed by atoms with Crippen LogP contribution in [-0.4, -0.2) is 30.3 Å². The lowest BCUT2D eigenvalue weighted by molar-refractivity contribution is -0.119. The number of nitrogens with two attached hydrogens (primary N) is 1. The quantitative estimate of drug-likeness (QED) is 0.794. The summed E-state index contributed by atoms with van der Waals surface area (Å²) in [5, 5.41) is -0.158. The van der Waals surface area contributed by atoms with E-state index in [0.717, 1.165) is 23.1 Å². The minimum absolute atomic E-state index is 0.158. The van der Waals surface area contributed by atoms with Crippen LogP contribution in [0.2, 0.25) is 0 Å². The van der Waals surface area contributed by atoms with Crippen molar-refractivity contribution in [2.24, 2.45) is 5.73 Å². The van der Waals surface area contributed by atoms with Crippen LogP contribution >= 0.6 is 11.8 Å². The maximum absolute atomic E-state index is 11.6. The Morgan fingerprint density at radius 2 is 2.00 bits per heavy atom. The molecule has 1 aromatic rings. The second kappa shape index (κ2) is 5.41. The van der Waals surface area contributed by atoms with Gasteiger partial charge in [0.2, 0.25) is 11.0 Å². The Morgan fingerprint density at radius 3 is 2.50 bits per heavy atom. The molecule has 1 aliphatic heterocycles. The van der Waals surface area contributed by atoms with Gasteiger partial charge in [-0.15, -0.1) is 0 Å². The third kappa shape index (κ3) is 3.02. The lowest BCUT2D eigenvalue weighted by Crippen LogP contribution is -2.22. The average Bonchev–Trinajstić information content (AvgIpc) is 3.17. The van der Waals surface area contributed by atoms with Gasteiger partial charge in [0, 0.05) is 5.75 Å². The van der Waals surface area contributed by atoms with E-state index >= 15 is 0 Å². The molecule has 0 radical (unpaired) electrons. The summed E-state index contributed by atoms with van der Waals surface area (Å²) < 4.78 is 9.94. The Morgan fingerprint density at radius 1 is 1.33 bits per heavy atom. The Labute approximate surface area is 109 Å². The SMILES string of the molecule is COc1ccc(CSC(=O)C2OC2C(N)=O)cc1. The molecular weight excluding hydrogens is 254 g/mol. The van der Waals surface area contributed by atoms with Crippen LogP contribution in [0.1, 0.15) is 5.56 Å². The molecule has 1 aromatic carbocycles. The largest absolute Gasteiger partial charge is 0.497 e. The lowest BCUT2D eigenvalue weighted by Gasteiger charge is -2.02. The third-order valence-electron chi connectivity index (χ3n) is 2.54. The Balaban J connectivity index is 1.81. The minimum Gasteiger partial charge on any atom is -0.497 e. The molecule has 6 heteroatoms. The van der Waals surface area contributed by atoms with Crippen LogP contribution in [0.15, 0.2) is 24.3 Å². The predicted octanol–water partition coefficient (Wildman–Crippen LogP) is 0.708. The summed E-state index contributed by atoms with van der Waals surface area (Å²) in [7, 11) is 1.60. The highest BCUT2D eigenvalue weighted by molar-refractivity contribution is 8.13. The van der Waals surface area contributed by atoms with Gasteiger partial charge >= 0.3 is 0 Å². The Hall–Kier alpha value is -1.53. The van der Waals surface area contributed by atoms with E-state index in [1.807, 2.05) is 24.3 Å². The topological polar surface area (TPSA) is 81.9 Å². The molecule has 1 amide bonds. The first-order valence-corrected chi connectivity index (χ1v) is 6.34. The number of thioether (sulfide) groups is 1. The van der Waals surface area contributed by atoms with Crippen molar-refractivity contribution in [2.45, 2.75) is 18.0 Å².